The quantitative estimate of drug-likeness (QED) is 0.479. The highest BCUT2D eigenvalue weighted by Gasteiger charge is 2.41. The maximum Gasteiger partial charge on any atom is 0.232 e. The third-order valence-corrected chi connectivity index (χ3v) is 5.03. The van der Waals surface area contributed by atoms with Crippen LogP contribution in [-0.4, -0.2) is 44.7 Å². The van der Waals surface area contributed by atoms with Crippen molar-refractivity contribution in [2.24, 2.45) is 0 Å². The van der Waals surface area contributed by atoms with Crippen molar-refractivity contribution in [3.05, 3.63) is 35.4 Å². The molecule has 0 spiro atoms. The molecule has 0 aliphatic carbocycles. The second kappa shape index (κ2) is 9.22. The van der Waals surface area contributed by atoms with Crippen LogP contribution < -0.4 is 10.0 Å². The zero-order valence-corrected chi connectivity index (χ0v) is 16.1. The molecule has 1 rings (SSSR count). The van der Waals surface area contributed by atoms with Gasteiger partial charge in [-0.15, -0.1) is 0 Å². The number of hydrogen-bond acceptors (Lipinski definition) is 3. The number of nitrogens with one attached hydrogen (secondary N) is 2. The summed E-state index contributed by atoms with van der Waals surface area (Å²) in [5.74, 6) is -0.142. The summed E-state index contributed by atoms with van der Waals surface area (Å²) in [4.78, 5) is 14.6. The van der Waals surface area contributed by atoms with E-state index < -0.39 is 16.8 Å². The Kier molecular flexibility index (Phi) is 7.95. The second-order valence-electron chi connectivity index (χ2n) is 5.44. The maximum absolute atomic E-state index is 12.7. The first kappa shape index (κ1) is 20.7. The Morgan fingerprint density at radius 1 is 1.29 bits per heavy atom. The first-order chi connectivity index (χ1) is 11.3. The van der Waals surface area contributed by atoms with Crippen molar-refractivity contribution >= 4 is 34.4 Å². The highest BCUT2D eigenvalue weighted by Crippen LogP contribution is 2.28. The molecule has 3 N–H and O–H groups in total. The van der Waals surface area contributed by atoms with Gasteiger partial charge in [0.1, 0.15) is 10.5 Å². The molecule has 2 unspecified atom stereocenters. The molecule has 6 nitrogen and oxygen atoms in total. The van der Waals surface area contributed by atoms with E-state index in [0.29, 0.717) is 18.7 Å². The van der Waals surface area contributed by atoms with Gasteiger partial charge in [-0.25, -0.2) is 4.21 Å². The predicted molar refractivity (Wildman–Crippen MR) is 101 cm³/mol. The molecule has 24 heavy (non-hydrogen) atoms. The van der Waals surface area contributed by atoms with Crippen molar-refractivity contribution in [2.45, 2.75) is 32.7 Å². The van der Waals surface area contributed by atoms with Crippen LogP contribution >= 0.6 is 12.2 Å². The van der Waals surface area contributed by atoms with Gasteiger partial charge < -0.3 is 10.2 Å². The topological polar surface area (TPSA) is 81.7 Å². The number of nitrogens with zero attached hydrogens (tertiary/aromatic N) is 1. The number of aryl methyl sites for hydroxylation is 1. The summed E-state index contributed by atoms with van der Waals surface area (Å²) in [5, 5.41) is 2.86. The molecule has 8 heteroatoms. The molecule has 1 aromatic carbocycles. The molecule has 1 amide bonds. The molecule has 0 bridgehead atoms. The Hall–Kier alpha value is -1.35. The zero-order chi connectivity index (χ0) is 18.3. The van der Waals surface area contributed by atoms with Crippen LogP contribution in [0.5, 0.6) is 0 Å². The Morgan fingerprint density at radius 2 is 1.83 bits per heavy atom. The molecule has 1 aromatic rings. The van der Waals surface area contributed by atoms with E-state index in [9.17, 15) is 13.6 Å². The van der Waals surface area contributed by atoms with Crippen LogP contribution in [0.2, 0.25) is 0 Å². The molecule has 0 aromatic heterocycles. The summed E-state index contributed by atoms with van der Waals surface area (Å²) in [6.07, 6.45) is -0.0519. The highest BCUT2D eigenvalue weighted by molar-refractivity contribution is 7.80. The minimum Gasteiger partial charge on any atom is -0.381 e. The van der Waals surface area contributed by atoms with Crippen LogP contribution in [-0.2, 0) is 21.6 Å². The second-order valence-corrected chi connectivity index (χ2v) is 6.56. The SMILES string of the molecule is CCN(CC)C(=O)CC(NS(=O)O)(C(=S)NC)c1ccc(C)cc1. The Morgan fingerprint density at radius 3 is 2.25 bits per heavy atom. The van der Waals surface area contributed by atoms with Gasteiger partial charge in [0.2, 0.25) is 17.2 Å². The zero-order valence-electron chi connectivity index (χ0n) is 14.5. The Bertz CT molecular complexity index is 603. The molecule has 2 atom stereocenters. The number of amides is 1. The van der Waals surface area contributed by atoms with Gasteiger partial charge in [0.25, 0.3) is 0 Å². The van der Waals surface area contributed by atoms with E-state index >= 15 is 0 Å². The molecule has 0 heterocycles. The van der Waals surface area contributed by atoms with Crippen molar-refractivity contribution in [1.29, 1.82) is 0 Å². The van der Waals surface area contributed by atoms with E-state index in [1.165, 1.54) is 0 Å². The first-order valence-corrected chi connectivity index (χ1v) is 9.28. The van der Waals surface area contributed by atoms with Crippen LogP contribution in [0.4, 0.5) is 0 Å². The maximum atomic E-state index is 12.7. The summed E-state index contributed by atoms with van der Waals surface area (Å²) in [6, 6.07) is 7.39. The van der Waals surface area contributed by atoms with Crippen LogP contribution in [0.3, 0.4) is 0 Å². The van der Waals surface area contributed by atoms with Crippen molar-refractivity contribution in [2.75, 3.05) is 20.1 Å². The number of hydrogen-bond donors (Lipinski definition) is 3. The van der Waals surface area contributed by atoms with E-state index in [0.717, 1.165) is 5.56 Å². The van der Waals surface area contributed by atoms with Crippen LogP contribution in [0, 0.1) is 6.92 Å². The van der Waals surface area contributed by atoms with E-state index in [2.05, 4.69) is 10.0 Å². The lowest BCUT2D eigenvalue weighted by atomic mass is 9.86. The first-order valence-electron chi connectivity index (χ1n) is 7.76. The summed E-state index contributed by atoms with van der Waals surface area (Å²) in [5.41, 5.74) is 0.454. The third kappa shape index (κ3) is 4.83. The third-order valence-electron chi connectivity index (χ3n) is 3.95. The normalized spacial score (nSPS) is 14.5. The summed E-state index contributed by atoms with van der Waals surface area (Å²) < 4.78 is 23.6. The standard InChI is InChI=1S/C16H25N3O3S2/c1-5-19(6-2)14(20)11-16(15(23)17-4,18-24(21)22)13-9-7-12(3)8-10-13/h7-10,18H,5-6,11H2,1-4H3,(H,17,23)(H,21,22). The van der Waals surface area contributed by atoms with Crippen LogP contribution in [0.1, 0.15) is 31.4 Å². The predicted octanol–water partition coefficient (Wildman–Crippen LogP) is 1.72. The van der Waals surface area contributed by atoms with Crippen molar-refractivity contribution in [1.82, 2.24) is 14.9 Å². The largest absolute Gasteiger partial charge is 0.381 e. The summed E-state index contributed by atoms with van der Waals surface area (Å²) >= 11 is 3.06. The lowest BCUT2D eigenvalue weighted by Gasteiger charge is -2.35. The molecular formula is C16H25N3O3S2. The monoisotopic (exact) mass is 371 g/mol. The molecule has 0 aliphatic heterocycles. The Labute approximate surface area is 151 Å². The van der Waals surface area contributed by atoms with E-state index in [1.54, 1.807) is 11.9 Å². The average molecular weight is 372 g/mol. The number of thiocarbonyl (C=S) groups is 1. The van der Waals surface area contributed by atoms with Crippen molar-refractivity contribution in [3.63, 3.8) is 0 Å². The molecule has 0 saturated heterocycles. The summed E-state index contributed by atoms with van der Waals surface area (Å²) in [7, 11) is 1.63. The number of rotatable bonds is 8. The fourth-order valence-electron chi connectivity index (χ4n) is 2.57. The van der Waals surface area contributed by atoms with Gasteiger partial charge in [-0.3, -0.25) is 9.35 Å². The van der Waals surface area contributed by atoms with Gasteiger partial charge >= 0.3 is 0 Å². The van der Waals surface area contributed by atoms with Gasteiger partial charge in [-0.1, -0.05) is 42.0 Å². The minimum atomic E-state index is -2.34. The van der Waals surface area contributed by atoms with Crippen molar-refractivity contribution < 1.29 is 13.6 Å². The lowest BCUT2D eigenvalue weighted by Crippen LogP contribution is -2.55. The van der Waals surface area contributed by atoms with E-state index in [4.69, 9.17) is 12.2 Å². The fourth-order valence-corrected chi connectivity index (χ4v) is 3.47. The van der Waals surface area contributed by atoms with Gasteiger partial charge in [-0.2, -0.15) is 4.72 Å². The summed E-state index contributed by atoms with van der Waals surface area (Å²) in [6.45, 7) is 6.86. The lowest BCUT2D eigenvalue weighted by molar-refractivity contribution is -0.131. The molecule has 134 valence electrons. The molecule has 0 radical (unpaired) electrons. The Balaban J connectivity index is 3.41. The van der Waals surface area contributed by atoms with Gasteiger partial charge in [0, 0.05) is 20.1 Å². The van der Waals surface area contributed by atoms with E-state index in [-0.39, 0.29) is 17.3 Å². The van der Waals surface area contributed by atoms with Gasteiger partial charge in [-0.05, 0) is 26.3 Å². The molecule has 0 fully saturated rings. The molecule has 0 saturated carbocycles. The average Bonchev–Trinajstić information content (AvgIpc) is 2.54. The van der Waals surface area contributed by atoms with Crippen molar-refractivity contribution in [3.8, 4) is 0 Å². The number of carbonyl (C=O) groups excluding carboxylic acids is 1. The van der Waals surface area contributed by atoms with E-state index in [1.807, 2.05) is 45.0 Å². The van der Waals surface area contributed by atoms with Crippen LogP contribution in [0.15, 0.2) is 24.3 Å². The molecule has 0 aliphatic rings. The van der Waals surface area contributed by atoms with Gasteiger partial charge in [0.15, 0.2) is 0 Å². The van der Waals surface area contributed by atoms with Gasteiger partial charge in [0.05, 0.1) is 6.42 Å². The smallest absolute Gasteiger partial charge is 0.232 e. The number of likely N-dealkylation sites (N-methyl/N-ethyl adjacent to an activating group) is 1. The molecular weight excluding hydrogens is 346 g/mol. The number of benzene rings is 1. The minimum absolute atomic E-state index is 0.0519. The fraction of sp³-hybridized carbons (Fsp3) is 0.500. The van der Waals surface area contributed by atoms with Crippen LogP contribution in [0.25, 0.3) is 0 Å². The number of carbonyl (C=O) groups is 1. The highest BCUT2D eigenvalue weighted by atomic mass is 32.2.